The molecule has 0 spiro atoms. The molecule has 0 rings (SSSR count). The average molecular weight is 343 g/mol. The maximum Gasteiger partial charge on any atom is 0.342 e. The summed E-state index contributed by atoms with van der Waals surface area (Å²) in [6, 6.07) is 0. The van der Waals surface area contributed by atoms with Crippen molar-refractivity contribution in [1.29, 1.82) is 0 Å². The highest BCUT2D eigenvalue weighted by molar-refractivity contribution is 5.76. The van der Waals surface area contributed by atoms with Gasteiger partial charge in [0.05, 0.1) is 39.3 Å². The van der Waals surface area contributed by atoms with E-state index < -0.39 is 24.0 Å². The number of aliphatic carboxylic acids is 2. The third kappa shape index (κ3) is 20.2. The van der Waals surface area contributed by atoms with Gasteiger partial charge in [0.1, 0.15) is 0 Å². The number of hydrogen-bond donors (Lipinski definition) is 5. The Morgan fingerprint density at radius 3 is 1.91 bits per heavy atom. The van der Waals surface area contributed by atoms with Crippen LogP contribution in [0.4, 0.5) is 0 Å². The second-order valence-corrected chi connectivity index (χ2v) is 3.65. The summed E-state index contributed by atoms with van der Waals surface area (Å²) in [4.78, 5) is 47.9. The first-order chi connectivity index (χ1) is 10.8. The van der Waals surface area contributed by atoms with Gasteiger partial charge in [-0.2, -0.15) is 4.89 Å². The number of aliphatic hydroxyl groups is 2. The van der Waals surface area contributed by atoms with Gasteiger partial charge in [0.2, 0.25) is 0 Å². The van der Waals surface area contributed by atoms with Crippen molar-refractivity contribution in [2.45, 2.75) is 25.9 Å². The van der Waals surface area contributed by atoms with Crippen LogP contribution in [0.3, 0.4) is 0 Å². The number of carboxylic acids is 2. The highest BCUT2D eigenvalue weighted by Gasteiger charge is 2.15. The van der Waals surface area contributed by atoms with E-state index in [1.54, 1.807) is 0 Å². The average Bonchev–Trinajstić information content (AvgIpc) is 2.51. The van der Waals surface area contributed by atoms with Gasteiger partial charge >= 0.3 is 17.9 Å². The molecular weight excluding hydrogens is 322 g/mol. The van der Waals surface area contributed by atoms with Crippen molar-refractivity contribution in [3.63, 3.8) is 0 Å². The Morgan fingerprint density at radius 2 is 1.52 bits per heavy atom. The molecule has 0 aromatic carbocycles. The van der Waals surface area contributed by atoms with Gasteiger partial charge in [-0.1, -0.05) is 5.64 Å². The van der Waals surface area contributed by atoms with Crippen molar-refractivity contribution < 1.29 is 54.3 Å². The van der Waals surface area contributed by atoms with Crippen LogP contribution in [0.5, 0.6) is 0 Å². The fourth-order valence-electron chi connectivity index (χ4n) is 0.634. The molecule has 0 amide bonds. The molecule has 0 saturated heterocycles. The SMILES string of the molecule is CC(OOC(=O)CCC(=O)O)C(=O)O.OCCONOCCO. The fourth-order valence-corrected chi connectivity index (χ4v) is 0.634. The predicted molar refractivity (Wildman–Crippen MR) is 70.4 cm³/mol. The number of aliphatic hydroxyl groups excluding tert-OH is 2. The van der Waals surface area contributed by atoms with Crippen LogP contribution in [-0.4, -0.2) is 70.9 Å². The van der Waals surface area contributed by atoms with Gasteiger partial charge in [-0.05, 0) is 6.92 Å². The molecule has 0 saturated carbocycles. The zero-order chi connectivity index (χ0) is 18.1. The molecule has 0 aromatic heterocycles. The van der Waals surface area contributed by atoms with Crippen molar-refractivity contribution in [3.05, 3.63) is 0 Å². The van der Waals surface area contributed by atoms with Crippen molar-refractivity contribution in [3.8, 4) is 0 Å². The molecule has 0 aliphatic rings. The largest absolute Gasteiger partial charge is 0.481 e. The molecule has 23 heavy (non-hydrogen) atoms. The van der Waals surface area contributed by atoms with Crippen molar-refractivity contribution in [2.24, 2.45) is 0 Å². The normalized spacial score (nSPS) is 11.1. The Kier molecular flexibility index (Phi) is 16.9. The monoisotopic (exact) mass is 343 g/mol. The molecule has 136 valence electrons. The third-order valence-electron chi connectivity index (χ3n) is 1.68. The Bertz CT molecular complexity index is 330. The van der Waals surface area contributed by atoms with Gasteiger partial charge in [0.25, 0.3) is 0 Å². The fraction of sp³-hybridized carbons (Fsp3) is 0.727. The van der Waals surface area contributed by atoms with Gasteiger partial charge < -0.3 is 20.4 Å². The molecule has 1 atom stereocenters. The summed E-state index contributed by atoms with van der Waals surface area (Å²) >= 11 is 0. The standard InChI is InChI=1S/C7H10O7.C4H11NO4/c1-4(7(11)12)13-14-6(10)3-2-5(8)9;6-1-3-8-5-9-4-2-7/h4H,2-3H2,1H3,(H,8,9)(H,11,12);5-7H,1-4H2. The number of carbonyl (C=O) groups excluding carboxylic acids is 1. The van der Waals surface area contributed by atoms with Crippen LogP contribution in [0.2, 0.25) is 0 Å². The Balaban J connectivity index is 0. The molecule has 0 heterocycles. The Labute approximate surface area is 131 Å². The molecule has 1 unspecified atom stereocenters. The summed E-state index contributed by atoms with van der Waals surface area (Å²) in [5.41, 5.74) is 2.07. The second-order valence-electron chi connectivity index (χ2n) is 3.65. The first-order valence-corrected chi connectivity index (χ1v) is 6.36. The number of carbonyl (C=O) groups is 3. The Hall–Kier alpha value is -1.83. The molecule has 0 aliphatic carbocycles. The first kappa shape index (κ1) is 23.4. The first-order valence-electron chi connectivity index (χ1n) is 6.36. The molecule has 0 bridgehead atoms. The topological polar surface area (TPSA) is 181 Å². The molecular formula is C11H21NO11. The van der Waals surface area contributed by atoms with Gasteiger partial charge in [-0.15, -0.1) is 0 Å². The van der Waals surface area contributed by atoms with E-state index >= 15 is 0 Å². The van der Waals surface area contributed by atoms with Crippen molar-refractivity contribution in [1.82, 2.24) is 5.64 Å². The summed E-state index contributed by atoms with van der Waals surface area (Å²) in [6.07, 6.45) is -2.02. The van der Waals surface area contributed by atoms with Gasteiger partial charge in [0, 0.05) is 0 Å². The summed E-state index contributed by atoms with van der Waals surface area (Å²) in [6.45, 7) is 1.40. The van der Waals surface area contributed by atoms with E-state index in [-0.39, 0.29) is 39.3 Å². The van der Waals surface area contributed by atoms with Crippen molar-refractivity contribution >= 4 is 17.9 Å². The lowest BCUT2D eigenvalue weighted by Crippen LogP contribution is -2.22. The minimum absolute atomic E-state index is 0.0600. The maximum absolute atomic E-state index is 10.7. The van der Waals surface area contributed by atoms with E-state index in [9.17, 15) is 14.4 Å². The lowest BCUT2D eigenvalue weighted by atomic mass is 10.3. The predicted octanol–water partition coefficient (Wildman–Crippen LogP) is -1.78. The number of hydrogen-bond acceptors (Lipinski definition) is 10. The second kappa shape index (κ2) is 16.5. The van der Waals surface area contributed by atoms with E-state index in [1.807, 2.05) is 0 Å². The van der Waals surface area contributed by atoms with E-state index in [4.69, 9.17) is 20.4 Å². The smallest absolute Gasteiger partial charge is 0.342 e. The molecule has 5 N–H and O–H groups in total. The number of rotatable bonds is 12. The molecule has 0 radical (unpaired) electrons. The lowest BCUT2D eigenvalue weighted by Gasteiger charge is -2.05. The highest BCUT2D eigenvalue weighted by Crippen LogP contribution is 1.97. The van der Waals surface area contributed by atoms with E-state index in [0.717, 1.165) is 0 Å². The highest BCUT2D eigenvalue weighted by atomic mass is 17.2. The van der Waals surface area contributed by atoms with E-state index in [0.29, 0.717) is 0 Å². The van der Waals surface area contributed by atoms with Crippen LogP contribution in [0.25, 0.3) is 0 Å². The summed E-state index contributed by atoms with van der Waals surface area (Å²) in [7, 11) is 0. The van der Waals surface area contributed by atoms with E-state index in [2.05, 4.69) is 25.1 Å². The summed E-state index contributed by atoms with van der Waals surface area (Å²) in [5.74, 6) is -3.34. The molecule has 12 heteroatoms. The van der Waals surface area contributed by atoms with Crippen LogP contribution >= 0.6 is 0 Å². The Morgan fingerprint density at radius 1 is 1.00 bits per heavy atom. The zero-order valence-electron chi connectivity index (χ0n) is 12.5. The van der Waals surface area contributed by atoms with Crippen LogP contribution < -0.4 is 5.64 Å². The minimum Gasteiger partial charge on any atom is -0.481 e. The minimum atomic E-state index is -1.28. The third-order valence-corrected chi connectivity index (χ3v) is 1.68. The van der Waals surface area contributed by atoms with Crippen LogP contribution in [0.1, 0.15) is 19.8 Å². The van der Waals surface area contributed by atoms with Gasteiger partial charge in [0.15, 0.2) is 6.10 Å². The molecule has 12 nitrogen and oxygen atoms in total. The zero-order valence-corrected chi connectivity index (χ0v) is 12.5. The lowest BCUT2D eigenvalue weighted by molar-refractivity contribution is -0.292. The summed E-state index contributed by atoms with van der Waals surface area (Å²) in [5, 5.41) is 32.8. The van der Waals surface area contributed by atoms with Crippen LogP contribution in [0, 0.1) is 0 Å². The molecule has 0 aromatic rings. The quantitative estimate of drug-likeness (QED) is 0.153. The van der Waals surface area contributed by atoms with Crippen LogP contribution in [0.15, 0.2) is 0 Å². The van der Waals surface area contributed by atoms with Gasteiger partial charge in [-0.25, -0.2) is 9.59 Å². The van der Waals surface area contributed by atoms with Crippen LogP contribution in [-0.2, 0) is 33.8 Å². The number of nitrogens with one attached hydrogen (secondary N) is 1. The van der Waals surface area contributed by atoms with E-state index in [1.165, 1.54) is 6.92 Å². The maximum atomic E-state index is 10.7. The summed E-state index contributed by atoms with van der Waals surface area (Å²) < 4.78 is 0. The van der Waals surface area contributed by atoms with Crippen molar-refractivity contribution in [2.75, 3.05) is 26.4 Å². The molecule has 0 fully saturated rings. The molecule has 0 aliphatic heterocycles. The number of carboxylic acid groups (broad SMARTS) is 2. The van der Waals surface area contributed by atoms with Gasteiger partial charge in [-0.3, -0.25) is 19.4 Å².